The molecule has 94 valence electrons. The second kappa shape index (κ2) is 5.72. The summed E-state index contributed by atoms with van der Waals surface area (Å²) in [6, 6.07) is 10.7. The molecule has 0 saturated heterocycles. The highest BCUT2D eigenvalue weighted by Crippen LogP contribution is 2.28. The summed E-state index contributed by atoms with van der Waals surface area (Å²) in [6.45, 7) is -0.149. The number of aliphatic hydroxyl groups is 2. The third-order valence-electron chi connectivity index (χ3n) is 2.61. The van der Waals surface area contributed by atoms with Crippen LogP contribution in [0, 0.1) is 0 Å². The molecule has 0 fully saturated rings. The summed E-state index contributed by atoms with van der Waals surface area (Å²) in [4.78, 5) is 0. The third kappa shape index (κ3) is 3.03. The molecular weight excluding hydrogens is 271 g/mol. The lowest BCUT2D eigenvalue weighted by molar-refractivity contribution is 0.275. The SMILES string of the molecule is OCc1cc(CO)cc(-c2cc(Cl)cc(Cl)c2)c1. The number of aliphatic hydroxyl groups excluding tert-OH is 2. The average molecular weight is 283 g/mol. The molecule has 0 bridgehead atoms. The summed E-state index contributed by atoms with van der Waals surface area (Å²) >= 11 is 11.9. The van der Waals surface area contributed by atoms with Crippen LogP contribution in [0.2, 0.25) is 10.0 Å². The van der Waals surface area contributed by atoms with Gasteiger partial charge in [-0.3, -0.25) is 0 Å². The number of benzene rings is 2. The zero-order valence-corrected chi connectivity index (χ0v) is 11.0. The topological polar surface area (TPSA) is 40.5 Å². The maximum absolute atomic E-state index is 9.20. The van der Waals surface area contributed by atoms with Gasteiger partial charge in [0.2, 0.25) is 0 Å². The molecule has 4 heteroatoms. The Morgan fingerprint density at radius 2 is 1.11 bits per heavy atom. The molecule has 0 radical (unpaired) electrons. The van der Waals surface area contributed by atoms with E-state index in [1.807, 2.05) is 12.1 Å². The highest BCUT2D eigenvalue weighted by Gasteiger charge is 2.05. The summed E-state index contributed by atoms with van der Waals surface area (Å²) in [5.41, 5.74) is 3.22. The van der Waals surface area contributed by atoms with Crippen LogP contribution in [-0.4, -0.2) is 10.2 Å². The molecule has 2 aromatic rings. The number of halogens is 2. The van der Waals surface area contributed by atoms with Gasteiger partial charge >= 0.3 is 0 Å². The van der Waals surface area contributed by atoms with E-state index in [0.717, 1.165) is 22.3 Å². The molecule has 0 atom stereocenters. The largest absolute Gasteiger partial charge is 0.392 e. The van der Waals surface area contributed by atoms with Gasteiger partial charge in [-0.15, -0.1) is 0 Å². The minimum atomic E-state index is -0.0743. The smallest absolute Gasteiger partial charge is 0.0682 e. The van der Waals surface area contributed by atoms with Gasteiger partial charge in [0.25, 0.3) is 0 Å². The maximum Gasteiger partial charge on any atom is 0.0682 e. The van der Waals surface area contributed by atoms with Crippen molar-refractivity contribution in [3.05, 3.63) is 57.6 Å². The van der Waals surface area contributed by atoms with E-state index < -0.39 is 0 Å². The Labute approximate surface area is 115 Å². The van der Waals surface area contributed by atoms with Crippen LogP contribution in [-0.2, 0) is 13.2 Å². The van der Waals surface area contributed by atoms with E-state index in [2.05, 4.69) is 0 Å². The molecule has 0 unspecified atom stereocenters. The van der Waals surface area contributed by atoms with E-state index in [-0.39, 0.29) is 13.2 Å². The van der Waals surface area contributed by atoms with Gasteiger partial charge in [0.05, 0.1) is 13.2 Å². The molecule has 2 nitrogen and oxygen atoms in total. The quantitative estimate of drug-likeness (QED) is 0.902. The van der Waals surface area contributed by atoms with Gasteiger partial charge in [-0.2, -0.15) is 0 Å². The fraction of sp³-hybridized carbons (Fsp3) is 0.143. The van der Waals surface area contributed by atoms with Crippen LogP contribution < -0.4 is 0 Å². The molecule has 0 aliphatic heterocycles. The summed E-state index contributed by atoms with van der Waals surface area (Å²) in [7, 11) is 0. The van der Waals surface area contributed by atoms with E-state index in [1.54, 1.807) is 24.3 Å². The second-order valence-electron chi connectivity index (χ2n) is 4.01. The Hall–Kier alpha value is -1.06. The highest BCUT2D eigenvalue weighted by molar-refractivity contribution is 6.35. The Balaban J connectivity index is 2.55. The van der Waals surface area contributed by atoms with Crippen molar-refractivity contribution in [3.8, 4) is 11.1 Å². The molecule has 0 aliphatic carbocycles. The highest BCUT2D eigenvalue weighted by atomic mass is 35.5. The van der Waals surface area contributed by atoms with Gasteiger partial charge in [-0.25, -0.2) is 0 Å². The van der Waals surface area contributed by atoms with Crippen molar-refractivity contribution in [1.29, 1.82) is 0 Å². The van der Waals surface area contributed by atoms with Crippen molar-refractivity contribution in [2.24, 2.45) is 0 Å². The summed E-state index contributed by atoms with van der Waals surface area (Å²) in [5.74, 6) is 0. The third-order valence-corrected chi connectivity index (χ3v) is 3.05. The molecule has 2 rings (SSSR count). The molecule has 0 saturated carbocycles. The van der Waals surface area contributed by atoms with E-state index in [0.29, 0.717) is 10.0 Å². The molecule has 0 amide bonds. The van der Waals surface area contributed by atoms with Gasteiger partial charge in [0.15, 0.2) is 0 Å². The lowest BCUT2D eigenvalue weighted by Crippen LogP contribution is -1.91. The van der Waals surface area contributed by atoms with Crippen molar-refractivity contribution < 1.29 is 10.2 Å². The van der Waals surface area contributed by atoms with Crippen LogP contribution in [0.15, 0.2) is 36.4 Å². The molecule has 0 aliphatic rings. The molecular formula is C14H12Cl2O2. The number of hydrogen-bond donors (Lipinski definition) is 2. The zero-order valence-electron chi connectivity index (χ0n) is 9.53. The fourth-order valence-corrected chi connectivity index (χ4v) is 2.36. The summed E-state index contributed by atoms with van der Waals surface area (Å²) in [6.07, 6.45) is 0. The van der Waals surface area contributed by atoms with Crippen LogP contribution in [0.5, 0.6) is 0 Å². The first kappa shape index (κ1) is 13.4. The van der Waals surface area contributed by atoms with Gasteiger partial charge in [-0.1, -0.05) is 29.3 Å². The first-order chi connectivity index (χ1) is 8.62. The van der Waals surface area contributed by atoms with Crippen molar-refractivity contribution in [1.82, 2.24) is 0 Å². The van der Waals surface area contributed by atoms with Crippen molar-refractivity contribution in [2.45, 2.75) is 13.2 Å². The van der Waals surface area contributed by atoms with Crippen LogP contribution in [0.4, 0.5) is 0 Å². The molecule has 0 heterocycles. The lowest BCUT2D eigenvalue weighted by atomic mass is 10.0. The number of rotatable bonds is 3. The molecule has 0 spiro atoms. The van der Waals surface area contributed by atoms with Gasteiger partial charge in [0, 0.05) is 10.0 Å². The standard InChI is InChI=1S/C14H12Cl2O2/c15-13-4-12(5-14(16)6-13)11-2-9(7-17)1-10(3-11)8-18/h1-6,17-18H,7-8H2. The summed E-state index contributed by atoms with van der Waals surface area (Å²) in [5, 5.41) is 19.5. The van der Waals surface area contributed by atoms with Crippen molar-refractivity contribution in [2.75, 3.05) is 0 Å². The molecule has 2 aromatic carbocycles. The van der Waals surface area contributed by atoms with Gasteiger partial charge < -0.3 is 10.2 Å². The van der Waals surface area contributed by atoms with Crippen LogP contribution in [0.25, 0.3) is 11.1 Å². The van der Waals surface area contributed by atoms with Crippen LogP contribution in [0.1, 0.15) is 11.1 Å². The first-order valence-corrected chi connectivity index (χ1v) is 6.19. The lowest BCUT2D eigenvalue weighted by Gasteiger charge is -2.08. The minimum Gasteiger partial charge on any atom is -0.392 e. The average Bonchev–Trinajstić information content (AvgIpc) is 2.37. The Bertz CT molecular complexity index is 525. The van der Waals surface area contributed by atoms with Gasteiger partial charge in [-0.05, 0) is 52.6 Å². The van der Waals surface area contributed by atoms with E-state index in [1.165, 1.54) is 0 Å². The van der Waals surface area contributed by atoms with E-state index >= 15 is 0 Å². The van der Waals surface area contributed by atoms with Crippen LogP contribution >= 0.6 is 23.2 Å². The van der Waals surface area contributed by atoms with Gasteiger partial charge in [0.1, 0.15) is 0 Å². The first-order valence-electron chi connectivity index (χ1n) is 5.43. The number of hydrogen-bond acceptors (Lipinski definition) is 2. The van der Waals surface area contributed by atoms with Crippen molar-refractivity contribution in [3.63, 3.8) is 0 Å². The maximum atomic E-state index is 9.20. The Kier molecular flexibility index (Phi) is 4.25. The predicted molar refractivity (Wildman–Crippen MR) is 73.7 cm³/mol. The fourth-order valence-electron chi connectivity index (χ4n) is 1.83. The molecule has 18 heavy (non-hydrogen) atoms. The Morgan fingerprint density at radius 1 is 0.667 bits per heavy atom. The Morgan fingerprint density at radius 3 is 1.56 bits per heavy atom. The minimum absolute atomic E-state index is 0.0743. The van der Waals surface area contributed by atoms with Crippen molar-refractivity contribution >= 4 is 23.2 Å². The normalized spacial score (nSPS) is 10.7. The monoisotopic (exact) mass is 282 g/mol. The molecule has 2 N–H and O–H groups in total. The van der Waals surface area contributed by atoms with E-state index in [9.17, 15) is 10.2 Å². The predicted octanol–water partition coefficient (Wildman–Crippen LogP) is 3.65. The summed E-state index contributed by atoms with van der Waals surface area (Å²) < 4.78 is 0. The second-order valence-corrected chi connectivity index (χ2v) is 4.89. The molecule has 0 aromatic heterocycles. The zero-order chi connectivity index (χ0) is 13.1. The van der Waals surface area contributed by atoms with E-state index in [4.69, 9.17) is 23.2 Å². The van der Waals surface area contributed by atoms with Crippen LogP contribution in [0.3, 0.4) is 0 Å².